The molecule has 1 fully saturated rings. The van der Waals surface area contributed by atoms with Gasteiger partial charge in [0.15, 0.2) is 5.96 Å². The third-order valence-corrected chi connectivity index (χ3v) is 5.11. The molecule has 156 valence electrons. The predicted octanol–water partition coefficient (Wildman–Crippen LogP) is 2.76. The molecule has 1 heterocycles. The largest absolute Gasteiger partial charge is 0.370 e. The number of guanidine groups is 1. The SMILES string of the molecule is CN=C(NCCC(=O)Nc1cccc(Cl)c1C)N1CCCC(CC(N)=O)C1.I. The summed E-state index contributed by atoms with van der Waals surface area (Å²) in [5.74, 6) is 0.645. The van der Waals surface area contributed by atoms with Gasteiger partial charge in [-0.2, -0.15) is 0 Å². The molecule has 9 heteroatoms. The molecule has 4 N–H and O–H groups in total. The van der Waals surface area contributed by atoms with Crippen molar-refractivity contribution in [3.63, 3.8) is 0 Å². The van der Waals surface area contributed by atoms with Crippen molar-refractivity contribution in [2.24, 2.45) is 16.6 Å². The lowest BCUT2D eigenvalue weighted by molar-refractivity contribution is -0.119. The van der Waals surface area contributed by atoms with Gasteiger partial charge in [0.2, 0.25) is 11.8 Å². The van der Waals surface area contributed by atoms with Crippen molar-refractivity contribution in [2.75, 3.05) is 32.0 Å². The Labute approximate surface area is 188 Å². The summed E-state index contributed by atoms with van der Waals surface area (Å²) >= 11 is 6.08. The number of rotatable bonds is 6. The molecule has 1 saturated heterocycles. The van der Waals surface area contributed by atoms with E-state index in [1.165, 1.54) is 0 Å². The Kier molecular flexibility index (Phi) is 10.6. The zero-order valence-electron chi connectivity index (χ0n) is 16.3. The first-order chi connectivity index (χ1) is 12.9. The fourth-order valence-electron chi connectivity index (χ4n) is 3.28. The van der Waals surface area contributed by atoms with Crippen LogP contribution in [0.4, 0.5) is 5.69 Å². The summed E-state index contributed by atoms with van der Waals surface area (Å²) in [4.78, 5) is 29.8. The fraction of sp³-hybridized carbons (Fsp3) is 0.526. The summed E-state index contributed by atoms with van der Waals surface area (Å²) in [6.45, 7) is 3.96. The number of aliphatic imine (C=N–C) groups is 1. The van der Waals surface area contributed by atoms with Crippen molar-refractivity contribution in [1.82, 2.24) is 10.2 Å². The van der Waals surface area contributed by atoms with Crippen LogP contribution in [0.2, 0.25) is 5.02 Å². The highest BCUT2D eigenvalue weighted by Crippen LogP contribution is 2.23. The van der Waals surface area contributed by atoms with E-state index in [2.05, 4.69) is 20.5 Å². The molecule has 0 radical (unpaired) electrons. The lowest BCUT2D eigenvalue weighted by atomic mass is 9.95. The number of carbonyl (C=O) groups is 2. The third-order valence-electron chi connectivity index (χ3n) is 4.70. The van der Waals surface area contributed by atoms with E-state index in [4.69, 9.17) is 17.3 Å². The van der Waals surface area contributed by atoms with E-state index in [1.807, 2.05) is 19.1 Å². The van der Waals surface area contributed by atoms with Gasteiger partial charge in [-0.05, 0) is 43.4 Å². The molecule has 2 rings (SSSR count). The molecule has 2 amide bonds. The van der Waals surface area contributed by atoms with Crippen LogP contribution in [0.25, 0.3) is 0 Å². The molecule has 1 aliphatic heterocycles. The first-order valence-corrected chi connectivity index (χ1v) is 9.57. The third kappa shape index (κ3) is 7.46. The van der Waals surface area contributed by atoms with Gasteiger partial charge in [-0.3, -0.25) is 14.6 Å². The highest BCUT2D eigenvalue weighted by molar-refractivity contribution is 14.0. The van der Waals surface area contributed by atoms with Gasteiger partial charge in [0.25, 0.3) is 0 Å². The van der Waals surface area contributed by atoms with Gasteiger partial charge in [-0.25, -0.2) is 0 Å². The van der Waals surface area contributed by atoms with Crippen molar-refractivity contribution < 1.29 is 9.59 Å². The Hall–Kier alpha value is -1.55. The van der Waals surface area contributed by atoms with Crippen LogP contribution in [0.15, 0.2) is 23.2 Å². The molecule has 28 heavy (non-hydrogen) atoms. The molecule has 1 atom stereocenters. The van der Waals surface area contributed by atoms with Gasteiger partial charge in [0.05, 0.1) is 0 Å². The van der Waals surface area contributed by atoms with Crippen LogP contribution >= 0.6 is 35.6 Å². The summed E-state index contributed by atoms with van der Waals surface area (Å²) in [7, 11) is 1.72. The summed E-state index contributed by atoms with van der Waals surface area (Å²) in [6, 6.07) is 5.43. The molecular weight excluding hydrogens is 493 g/mol. The van der Waals surface area contributed by atoms with Crippen LogP contribution in [-0.4, -0.2) is 49.4 Å². The van der Waals surface area contributed by atoms with Crippen LogP contribution in [0.1, 0.15) is 31.2 Å². The van der Waals surface area contributed by atoms with Crippen LogP contribution in [-0.2, 0) is 9.59 Å². The quantitative estimate of drug-likeness (QED) is 0.304. The monoisotopic (exact) mass is 521 g/mol. The molecule has 0 saturated carbocycles. The minimum absolute atomic E-state index is 0. The average Bonchev–Trinajstić information content (AvgIpc) is 2.62. The number of piperidine rings is 1. The van der Waals surface area contributed by atoms with Gasteiger partial charge < -0.3 is 21.3 Å². The fourth-order valence-corrected chi connectivity index (χ4v) is 3.46. The van der Waals surface area contributed by atoms with Crippen molar-refractivity contribution in [3.8, 4) is 0 Å². The number of anilines is 1. The minimum Gasteiger partial charge on any atom is -0.370 e. The molecule has 7 nitrogen and oxygen atoms in total. The van der Waals surface area contributed by atoms with Crippen molar-refractivity contribution in [1.29, 1.82) is 0 Å². The molecule has 0 aliphatic carbocycles. The molecule has 0 spiro atoms. The van der Waals surface area contributed by atoms with Crippen molar-refractivity contribution in [2.45, 2.75) is 32.6 Å². The van der Waals surface area contributed by atoms with Gasteiger partial charge >= 0.3 is 0 Å². The van der Waals surface area contributed by atoms with Gasteiger partial charge in [0, 0.05) is 50.2 Å². The minimum atomic E-state index is -0.266. The molecule has 1 aromatic rings. The Balaban J connectivity index is 0.00000392. The standard InChI is InChI=1S/C19H28ClN5O2.HI/c1-13-15(20)6-3-7-16(13)24-18(27)8-9-23-19(22-2)25-10-4-5-14(12-25)11-17(21)26;/h3,6-7,14H,4-5,8-12H2,1-2H3,(H2,21,26)(H,22,23)(H,24,27);1H. The smallest absolute Gasteiger partial charge is 0.226 e. The number of nitrogens with two attached hydrogens (primary N) is 1. The number of nitrogens with one attached hydrogen (secondary N) is 2. The second-order valence-electron chi connectivity index (χ2n) is 6.81. The van der Waals surface area contributed by atoms with Gasteiger partial charge in [-0.1, -0.05) is 17.7 Å². The maximum atomic E-state index is 12.2. The van der Waals surface area contributed by atoms with Crippen molar-refractivity contribution >= 4 is 59.0 Å². The number of carbonyl (C=O) groups excluding carboxylic acids is 2. The lowest BCUT2D eigenvalue weighted by Gasteiger charge is -2.34. The average molecular weight is 522 g/mol. The van der Waals surface area contributed by atoms with E-state index in [9.17, 15) is 9.59 Å². The van der Waals surface area contributed by atoms with E-state index in [0.29, 0.717) is 24.4 Å². The van der Waals surface area contributed by atoms with Gasteiger partial charge in [-0.15, -0.1) is 24.0 Å². The highest BCUT2D eigenvalue weighted by atomic mass is 127. The lowest BCUT2D eigenvalue weighted by Crippen LogP contribution is -2.47. The van der Waals surface area contributed by atoms with Crippen molar-refractivity contribution in [3.05, 3.63) is 28.8 Å². The Morgan fingerprint density at radius 2 is 2.14 bits per heavy atom. The predicted molar refractivity (Wildman–Crippen MR) is 124 cm³/mol. The number of primary amides is 1. The number of likely N-dealkylation sites (tertiary alicyclic amines) is 1. The second kappa shape index (κ2) is 12.1. The summed E-state index contributed by atoms with van der Waals surface area (Å²) in [6.07, 6.45) is 2.70. The number of benzene rings is 1. The van der Waals surface area contributed by atoms with E-state index in [-0.39, 0.29) is 41.7 Å². The second-order valence-corrected chi connectivity index (χ2v) is 7.22. The summed E-state index contributed by atoms with van der Waals surface area (Å²) in [5.41, 5.74) is 6.89. The van der Waals surface area contributed by atoms with E-state index in [1.54, 1.807) is 13.1 Å². The van der Waals surface area contributed by atoms with Gasteiger partial charge in [0.1, 0.15) is 0 Å². The van der Waals surface area contributed by atoms with E-state index in [0.717, 1.165) is 43.1 Å². The normalized spacial score (nSPS) is 16.9. The summed E-state index contributed by atoms with van der Waals surface area (Å²) < 4.78 is 0. The first kappa shape index (κ1) is 24.5. The van der Waals surface area contributed by atoms with E-state index < -0.39 is 0 Å². The Bertz CT molecular complexity index is 714. The van der Waals surface area contributed by atoms with Crippen LogP contribution in [0.3, 0.4) is 0 Å². The first-order valence-electron chi connectivity index (χ1n) is 9.19. The number of nitrogens with zero attached hydrogens (tertiary/aromatic N) is 2. The highest BCUT2D eigenvalue weighted by Gasteiger charge is 2.23. The Morgan fingerprint density at radius 3 is 2.82 bits per heavy atom. The molecule has 0 aromatic heterocycles. The molecule has 1 aliphatic rings. The number of amides is 2. The van der Waals surface area contributed by atoms with E-state index >= 15 is 0 Å². The number of hydrogen-bond acceptors (Lipinski definition) is 3. The topological polar surface area (TPSA) is 99.8 Å². The number of halogens is 2. The Morgan fingerprint density at radius 1 is 1.39 bits per heavy atom. The zero-order chi connectivity index (χ0) is 19.8. The maximum absolute atomic E-state index is 12.2. The molecule has 0 bridgehead atoms. The zero-order valence-corrected chi connectivity index (χ0v) is 19.4. The molecular formula is C19H29ClIN5O2. The summed E-state index contributed by atoms with van der Waals surface area (Å²) in [5, 5.41) is 6.74. The molecule has 1 aromatic carbocycles. The van der Waals surface area contributed by atoms with Crippen LogP contribution < -0.4 is 16.4 Å². The van der Waals surface area contributed by atoms with Crippen LogP contribution in [0.5, 0.6) is 0 Å². The van der Waals surface area contributed by atoms with Crippen LogP contribution in [0, 0.1) is 12.8 Å². The number of hydrogen-bond donors (Lipinski definition) is 3. The maximum Gasteiger partial charge on any atom is 0.226 e. The molecule has 1 unspecified atom stereocenters.